The number of pyridine rings is 1. The maximum atomic E-state index is 5.95. The molecule has 1 aromatic heterocycles. The van der Waals surface area contributed by atoms with Crippen LogP contribution in [0.1, 0.15) is 30.5 Å². The van der Waals surface area contributed by atoms with E-state index in [1.165, 1.54) is 5.56 Å². The van der Waals surface area contributed by atoms with Gasteiger partial charge in [-0.2, -0.15) is 0 Å². The van der Waals surface area contributed by atoms with Crippen LogP contribution in [-0.2, 0) is 17.8 Å². The first kappa shape index (κ1) is 25.9. The molecule has 0 fully saturated rings. The minimum absolute atomic E-state index is 0. The number of aliphatic imine (C=N–C) groups is 1. The highest BCUT2D eigenvalue weighted by Gasteiger charge is 2.07. The Kier molecular flexibility index (Phi) is 11.2. The average molecular weight is 548 g/mol. The van der Waals surface area contributed by atoms with Gasteiger partial charge in [-0.15, -0.1) is 24.0 Å². The predicted octanol–water partition coefficient (Wildman–Crippen LogP) is 4.83. The molecule has 172 valence electrons. The van der Waals surface area contributed by atoms with Crippen LogP contribution >= 0.6 is 24.0 Å². The molecule has 7 heteroatoms. The molecule has 3 aromatic rings. The van der Waals surface area contributed by atoms with Gasteiger partial charge in [0, 0.05) is 36.8 Å². The van der Waals surface area contributed by atoms with E-state index in [1.807, 2.05) is 37.4 Å². The first-order valence-electron chi connectivity index (χ1n) is 10.9. The number of fused-ring (bicyclic) bond motifs is 1. The van der Waals surface area contributed by atoms with Gasteiger partial charge in [-0.1, -0.05) is 30.3 Å². The van der Waals surface area contributed by atoms with Gasteiger partial charge >= 0.3 is 0 Å². The van der Waals surface area contributed by atoms with Gasteiger partial charge in [0.2, 0.25) is 0 Å². The Morgan fingerprint density at radius 1 is 1.00 bits per heavy atom. The lowest BCUT2D eigenvalue weighted by atomic mass is 10.1. The van der Waals surface area contributed by atoms with Gasteiger partial charge in [0.25, 0.3) is 0 Å². The van der Waals surface area contributed by atoms with E-state index in [2.05, 4.69) is 53.7 Å². The molecule has 0 amide bonds. The molecule has 0 unspecified atom stereocenters. The van der Waals surface area contributed by atoms with Crippen LogP contribution in [0.5, 0.6) is 5.75 Å². The van der Waals surface area contributed by atoms with Crippen LogP contribution < -0.4 is 15.4 Å². The van der Waals surface area contributed by atoms with Gasteiger partial charge in [-0.05, 0) is 50.1 Å². The molecule has 6 nitrogen and oxygen atoms in total. The molecule has 0 atom stereocenters. The normalized spacial score (nSPS) is 11.2. The summed E-state index contributed by atoms with van der Waals surface area (Å²) in [7, 11) is 0. The lowest BCUT2D eigenvalue weighted by Crippen LogP contribution is -2.36. The molecular weight excluding hydrogens is 515 g/mol. The third-order valence-electron chi connectivity index (χ3n) is 4.85. The van der Waals surface area contributed by atoms with E-state index >= 15 is 0 Å². The van der Waals surface area contributed by atoms with Gasteiger partial charge < -0.3 is 20.1 Å². The number of guanidine groups is 1. The van der Waals surface area contributed by atoms with Crippen molar-refractivity contribution in [2.75, 3.05) is 26.4 Å². The van der Waals surface area contributed by atoms with E-state index in [0.29, 0.717) is 32.9 Å². The third kappa shape index (κ3) is 7.63. The first-order chi connectivity index (χ1) is 15.2. The molecule has 0 saturated heterocycles. The summed E-state index contributed by atoms with van der Waals surface area (Å²) in [6.45, 7) is 9.89. The minimum Gasteiger partial charge on any atom is -0.491 e. The molecule has 0 spiro atoms. The maximum absolute atomic E-state index is 5.95. The summed E-state index contributed by atoms with van der Waals surface area (Å²) in [5.41, 5.74) is 4.39. The van der Waals surface area contributed by atoms with Crippen LogP contribution in [0, 0.1) is 6.92 Å². The SMILES string of the molecule is CCNC(=NCc1ccc(C)cc1OCCOCC)NCc1ccnc2ccccc12.I. The Morgan fingerprint density at radius 2 is 1.84 bits per heavy atom. The fourth-order valence-electron chi connectivity index (χ4n) is 3.28. The maximum Gasteiger partial charge on any atom is 0.191 e. The lowest BCUT2D eigenvalue weighted by molar-refractivity contribution is 0.110. The third-order valence-corrected chi connectivity index (χ3v) is 4.85. The van der Waals surface area contributed by atoms with Crippen molar-refractivity contribution in [3.8, 4) is 5.75 Å². The van der Waals surface area contributed by atoms with Crippen molar-refractivity contribution in [1.29, 1.82) is 0 Å². The summed E-state index contributed by atoms with van der Waals surface area (Å²) in [6.07, 6.45) is 1.85. The van der Waals surface area contributed by atoms with Crippen molar-refractivity contribution in [3.63, 3.8) is 0 Å². The highest BCUT2D eigenvalue weighted by molar-refractivity contribution is 14.0. The van der Waals surface area contributed by atoms with Crippen molar-refractivity contribution in [3.05, 3.63) is 71.4 Å². The summed E-state index contributed by atoms with van der Waals surface area (Å²) in [6, 6.07) is 16.4. The Bertz CT molecular complexity index is 1000. The standard InChI is InChI=1S/C25H32N4O2.HI/c1-4-26-25(28-17-20-12-13-27-23-9-7-6-8-22(20)23)29-18-21-11-10-19(3)16-24(21)31-15-14-30-5-2;/h6-13,16H,4-5,14-15,17-18H2,1-3H3,(H2,26,28,29);1H. The number of halogens is 1. The minimum atomic E-state index is 0. The summed E-state index contributed by atoms with van der Waals surface area (Å²) >= 11 is 0. The number of ether oxygens (including phenoxy) is 2. The van der Waals surface area contributed by atoms with Crippen LogP contribution in [0.4, 0.5) is 0 Å². The number of hydrogen-bond acceptors (Lipinski definition) is 4. The zero-order valence-corrected chi connectivity index (χ0v) is 21.4. The van der Waals surface area contributed by atoms with Gasteiger partial charge in [0.15, 0.2) is 5.96 Å². The highest BCUT2D eigenvalue weighted by atomic mass is 127. The van der Waals surface area contributed by atoms with Gasteiger partial charge in [0.05, 0.1) is 18.7 Å². The first-order valence-corrected chi connectivity index (χ1v) is 10.9. The number of hydrogen-bond donors (Lipinski definition) is 2. The second-order valence-corrected chi connectivity index (χ2v) is 7.19. The fourth-order valence-corrected chi connectivity index (χ4v) is 3.28. The zero-order valence-electron chi connectivity index (χ0n) is 19.1. The Hall–Kier alpha value is -2.39. The molecule has 0 aliphatic rings. The van der Waals surface area contributed by atoms with Crippen LogP contribution in [0.2, 0.25) is 0 Å². The molecule has 2 aromatic carbocycles. The Balaban J connectivity index is 0.00000363. The molecule has 3 rings (SSSR count). The Morgan fingerprint density at radius 3 is 2.66 bits per heavy atom. The summed E-state index contributed by atoms with van der Waals surface area (Å²) in [5, 5.41) is 7.91. The second-order valence-electron chi connectivity index (χ2n) is 7.19. The summed E-state index contributed by atoms with van der Waals surface area (Å²) in [4.78, 5) is 9.22. The van der Waals surface area contributed by atoms with Gasteiger partial charge in [0.1, 0.15) is 12.4 Å². The number of aromatic nitrogens is 1. The van der Waals surface area contributed by atoms with Crippen molar-refractivity contribution >= 4 is 40.8 Å². The molecule has 0 bridgehead atoms. The van der Waals surface area contributed by atoms with E-state index in [1.54, 1.807) is 0 Å². The average Bonchev–Trinajstić information content (AvgIpc) is 2.79. The number of rotatable bonds is 10. The van der Waals surface area contributed by atoms with Crippen molar-refractivity contribution < 1.29 is 9.47 Å². The van der Waals surface area contributed by atoms with Crippen molar-refractivity contribution in [1.82, 2.24) is 15.6 Å². The van der Waals surface area contributed by atoms with Gasteiger partial charge in [-0.25, -0.2) is 4.99 Å². The van der Waals surface area contributed by atoms with Crippen LogP contribution in [0.25, 0.3) is 10.9 Å². The molecule has 0 aliphatic carbocycles. The second kappa shape index (κ2) is 13.9. The smallest absolute Gasteiger partial charge is 0.191 e. The fraction of sp³-hybridized carbons (Fsp3) is 0.360. The molecule has 0 saturated carbocycles. The van der Waals surface area contributed by atoms with Gasteiger partial charge in [-0.3, -0.25) is 4.98 Å². The van der Waals surface area contributed by atoms with Crippen LogP contribution in [0.15, 0.2) is 59.7 Å². The summed E-state index contributed by atoms with van der Waals surface area (Å²) in [5.74, 6) is 1.63. The molecule has 2 N–H and O–H groups in total. The van der Waals surface area contributed by atoms with Crippen molar-refractivity contribution in [2.24, 2.45) is 4.99 Å². The number of benzene rings is 2. The van der Waals surface area contributed by atoms with E-state index in [4.69, 9.17) is 14.5 Å². The molecule has 32 heavy (non-hydrogen) atoms. The van der Waals surface area contributed by atoms with E-state index in [9.17, 15) is 0 Å². The monoisotopic (exact) mass is 548 g/mol. The number of para-hydroxylation sites is 1. The lowest BCUT2D eigenvalue weighted by Gasteiger charge is -2.14. The largest absolute Gasteiger partial charge is 0.491 e. The summed E-state index contributed by atoms with van der Waals surface area (Å²) < 4.78 is 11.3. The van der Waals surface area contributed by atoms with E-state index in [-0.39, 0.29) is 24.0 Å². The quantitative estimate of drug-likeness (QED) is 0.165. The topological polar surface area (TPSA) is 67.8 Å². The van der Waals surface area contributed by atoms with Crippen LogP contribution in [-0.4, -0.2) is 37.3 Å². The van der Waals surface area contributed by atoms with Crippen LogP contribution in [0.3, 0.4) is 0 Å². The zero-order chi connectivity index (χ0) is 21.9. The molecule has 0 aliphatic heterocycles. The number of nitrogens with zero attached hydrogens (tertiary/aromatic N) is 2. The number of nitrogens with one attached hydrogen (secondary N) is 2. The van der Waals surface area contributed by atoms with Crippen molar-refractivity contribution in [2.45, 2.75) is 33.9 Å². The predicted molar refractivity (Wildman–Crippen MR) is 142 cm³/mol. The highest BCUT2D eigenvalue weighted by Crippen LogP contribution is 2.21. The molecular formula is C25H33IN4O2. The molecule has 0 radical (unpaired) electrons. The molecule has 1 heterocycles. The van der Waals surface area contributed by atoms with E-state index in [0.717, 1.165) is 40.3 Å². The number of aryl methyl sites for hydroxylation is 1. The van der Waals surface area contributed by atoms with E-state index < -0.39 is 0 Å². The Labute approximate surface area is 207 Å².